The summed E-state index contributed by atoms with van der Waals surface area (Å²) in [5, 5.41) is 4.12. The van der Waals surface area contributed by atoms with E-state index in [-0.39, 0.29) is 5.41 Å². The molecule has 94 valence electrons. The van der Waals surface area contributed by atoms with Gasteiger partial charge >= 0.3 is 0 Å². The second kappa shape index (κ2) is 4.41. The van der Waals surface area contributed by atoms with Gasteiger partial charge in [-0.1, -0.05) is 24.4 Å². The van der Waals surface area contributed by atoms with Crippen molar-refractivity contribution in [2.45, 2.75) is 56.8 Å². The van der Waals surface area contributed by atoms with Crippen molar-refractivity contribution in [3.8, 4) is 0 Å². The van der Waals surface area contributed by atoms with Gasteiger partial charge in [0, 0.05) is 13.0 Å². The van der Waals surface area contributed by atoms with Gasteiger partial charge in [-0.25, -0.2) is 0 Å². The molecule has 0 aromatic carbocycles. The van der Waals surface area contributed by atoms with Gasteiger partial charge in [0.1, 0.15) is 0 Å². The Morgan fingerprint density at radius 2 is 2.00 bits per heavy atom. The summed E-state index contributed by atoms with van der Waals surface area (Å²) in [5.74, 6) is 2.50. The highest BCUT2D eigenvalue weighted by atomic mass is 16.5. The third kappa shape index (κ3) is 2.23. The molecule has 2 aliphatic carbocycles. The summed E-state index contributed by atoms with van der Waals surface area (Å²) >= 11 is 0. The average molecular weight is 235 g/mol. The molecule has 2 fully saturated rings. The molecule has 0 bridgehead atoms. The predicted octanol–water partition coefficient (Wildman–Crippen LogP) is 2.18. The van der Waals surface area contributed by atoms with Crippen LogP contribution in [0.15, 0.2) is 4.52 Å². The van der Waals surface area contributed by atoms with E-state index in [9.17, 15) is 0 Å². The molecule has 4 nitrogen and oxygen atoms in total. The third-order valence-corrected chi connectivity index (χ3v) is 4.29. The summed E-state index contributed by atoms with van der Waals surface area (Å²) in [6.07, 6.45) is 9.63. The lowest BCUT2D eigenvalue weighted by Gasteiger charge is -2.32. The molecule has 2 N–H and O–H groups in total. The highest BCUT2D eigenvalue weighted by Crippen LogP contribution is 2.38. The van der Waals surface area contributed by atoms with Gasteiger partial charge in [-0.2, -0.15) is 4.98 Å². The minimum atomic E-state index is -0.0208. The fourth-order valence-corrected chi connectivity index (χ4v) is 2.87. The van der Waals surface area contributed by atoms with Crippen molar-refractivity contribution in [2.24, 2.45) is 11.7 Å². The lowest BCUT2D eigenvalue weighted by Crippen LogP contribution is -2.37. The van der Waals surface area contributed by atoms with Crippen molar-refractivity contribution in [3.05, 3.63) is 11.7 Å². The van der Waals surface area contributed by atoms with E-state index in [1.54, 1.807) is 0 Å². The zero-order chi connectivity index (χ0) is 11.7. The second-order valence-electron chi connectivity index (χ2n) is 5.71. The van der Waals surface area contributed by atoms with Crippen molar-refractivity contribution in [1.82, 2.24) is 10.1 Å². The van der Waals surface area contributed by atoms with E-state index in [1.165, 1.54) is 32.1 Å². The summed E-state index contributed by atoms with van der Waals surface area (Å²) < 4.78 is 5.49. The Balaban J connectivity index is 1.77. The largest absolute Gasteiger partial charge is 0.339 e. The van der Waals surface area contributed by atoms with Crippen LogP contribution >= 0.6 is 0 Å². The van der Waals surface area contributed by atoms with Gasteiger partial charge in [0.15, 0.2) is 5.82 Å². The molecule has 2 saturated carbocycles. The van der Waals surface area contributed by atoms with E-state index in [0.717, 1.165) is 36.9 Å². The average Bonchev–Trinajstić information content (AvgIpc) is 3.06. The van der Waals surface area contributed by atoms with Crippen molar-refractivity contribution < 1.29 is 4.52 Å². The monoisotopic (exact) mass is 235 g/mol. The van der Waals surface area contributed by atoms with Crippen LogP contribution in [0.1, 0.15) is 56.7 Å². The number of nitrogens with zero attached hydrogens (tertiary/aromatic N) is 2. The molecule has 3 rings (SSSR count). The highest BCUT2D eigenvalue weighted by molar-refractivity contribution is 5.08. The van der Waals surface area contributed by atoms with Gasteiger partial charge < -0.3 is 10.3 Å². The van der Waals surface area contributed by atoms with Gasteiger partial charge in [-0.3, -0.25) is 0 Å². The lowest BCUT2D eigenvalue weighted by molar-refractivity contribution is 0.219. The van der Waals surface area contributed by atoms with E-state index < -0.39 is 0 Å². The summed E-state index contributed by atoms with van der Waals surface area (Å²) in [7, 11) is 0. The standard InChI is InChI=1S/C13H21N3O/c14-9-13(6-2-1-3-7-13)12-15-11(16-17-12)8-10-4-5-10/h10H,1-9,14H2. The van der Waals surface area contributed by atoms with Gasteiger partial charge in [0.2, 0.25) is 5.89 Å². The lowest BCUT2D eigenvalue weighted by atomic mass is 9.74. The molecule has 4 heteroatoms. The number of nitrogens with two attached hydrogens (primary N) is 1. The quantitative estimate of drug-likeness (QED) is 0.868. The zero-order valence-electron chi connectivity index (χ0n) is 10.3. The Hall–Kier alpha value is -0.900. The molecule has 0 spiro atoms. The maximum atomic E-state index is 5.97. The highest BCUT2D eigenvalue weighted by Gasteiger charge is 2.38. The van der Waals surface area contributed by atoms with Gasteiger partial charge in [-0.15, -0.1) is 0 Å². The van der Waals surface area contributed by atoms with Crippen LogP contribution in [-0.2, 0) is 11.8 Å². The minimum absolute atomic E-state index is 0.0208. The Labute approximate surface area is 102 Å². The van der Waals surface area contributed by atoms with Crippen molar-refractivity contribution in [1.29, 1.82) is 0 Å². The molecule has 0 aliphatic heterocycles. The summed E-state index contributed by atoms with van der Waals surface area (Å²) in [4.78, 5) is 4.60. The van der Waals surface area contributed by atoms with Crippen LogP contribution in [0.2, 0.25) is 0 Å². The second-order valence-corrected chi connectivity index (χ2v) is 5.71. The van der Waals surface area contributed by atoms with E-state index in [2.05, 4.69) is 10.1 Å². The van der Waals surface area contributed by atoms with E-state index in [4.69, 9.17) is 10.3 Å². The van der Waals surface area contributed by atoms with E-state index in [0.29, 0.717) is 6.54 Å². The van der Waals surface area contributed by atoms with Crippen LogP contribution < -0.4 is 5.73 Å². The van der Waals surface area contributed by atoms with Crippen molar-refractivity contribution >= 4 is 0 Å². The SMILES string of the molecule is NCC1(c2nc(CC3CC3)no2)CCCCC1. The molecule has 2 aliphatic rings. The Bertz CT molecular complexity index is 378. The van der Waals surface area contributed by atoms with Crippen LogP contribution in [0.25, 0.3) is 0 Å². The Kier molecular flexibility index (Phi) is 2.90. The van der Waals surface area contributed by atoms with Crippen molar-refractivity contribution in [3.63, 3.8) is 0 Å². The molecule has 17 heavy (non-hydrogen) atoms. The normalized spacial score (nSPS) is 23.8. The molecule has 0 amide bonds. The van der Waals surface area contributed by atoms with Crippen molar-refractivity contribution in [2.75, 3.05) is 6.54 Å². The number of hydrogen-bond acceptors (Lipinski definition) is 4. The smallest absolute Gasteiger partial charge is 0.234 e. The molecule has 1 aromatic rings. The maximum Gasteiger partial charge on any atom is 0.234 e. The van der Waals surface area contributed by atoms with E-state index in [1.807, 2.05) is 0 Å². The first kappa shape index (κ1) is 11.2. The van der Waals surface area contributed by atoms with Crippen LogP contribution in [0.4, 0.5) is 0 Å². The molecule has 0 unspecified atom stereocenters. The van der Waals surface area contributed by atoms with Gasteiger partial charge in [0.05, 0.1) is 5.41 Å². The van der Waals surface area contributed by atoms with Crippen LogP contribution in [-0.4, -0.2) is 16.7 Å². The number of aromatic nitrogens is 2. The van der Waals surface area contributed by atoms with Gasteiger partial charge in [-0.05, 0) is 31.6 Å². The number of rotatable bonds is 4. The third-order valence-electron chi connectivity index (χ3n) is 4.29. The fourth-order valence-electron chi connectivity index (χ4n) is 2.87. The van der Waals surface area contributed by atoms with Crippen LogP contribution in [0.3, 0.4) is 0 Å². The Morgan fingerprint density at radius 3 is 2.65 bits per heavy atom. The molecule has 0 saturated heterocycles. The van der Waals surface area contributed by atoms with E-state index >= 15 is 0 Å². The first-order valence-corrected chi connectivity index (χ1v) is 6.85. The topological polar surface area (TPSA) is 64.9 Å². The molecule has 1 aromatic heterocycles. The van der Waals surface area contributed by atoms with Crippen LogP contribution in [0.5, 0.6) is 0 Å². The van der Waals surface area contributed by atoms with Crippen LogP contribution in [0, 0.1) is 5.92 Å². The maximum absolute atomic E-state index is 5.97. The molecule has 0 radical (unpaired) electrons. The Morgan fingerprint density at radius 1 is 1.24 bits per heavy atom. The molecular formula is C13H21N3O. The molecule has 0 atom stereocenters. The first-order chi connectivity index (χ1) is 8.32. The minimum Gasteiger partial charge on any atom is -0.339 e. The first-order valence-electron chi connectivity index (χ1n) is 6.85. The number of hydrogen-bond donors (Lipinski definition) is 1. The predicted molar refractivity (Wildman–Crippen MR) is 64.5 cm³/mol. The van der Waals surface area contributed by atoms with Gasteiger partial charge in [0.25, 0.3) is 0 Å². The molecular weight excluding hydrogens is 214 g/mol. The summed E-state index contributed by atoms with van der Waals surface area (Å²) in [6, 6.07) is 0. The fraction of sp³-hybridized carbons (Fsp3) is 0.846. The summed E-state index contributed by atoms with van der Waals surface area (Å²) in [6.45, 7) is 0.637. The summed E-state index contributed by atoms with van der Waals surface area (Å²) in [5.41, 5.74) is 5.94. The zero-order valence-corrected chi connectivity index (χ0v) is 10.3. The molecule has 1 heterocycles.